The van der Waals surface area contributed by atoms with E-state index in [4.69, 9.17) is 21.1 Å². The largest absolute Gasteiger partial charge is 0.402 e. The zero-order valence-electron chi connectivity index (χ0n) is 20.1. The molecule has 2 fully saturated rings. The van der Waals surface area contributed by atoms with E-state index in [0.29, 0.717) is 43.1 Å². The first-order chi connectivity index (χ1) is 16.3. The minimum atomic E-state index is -0.00419. The third-order valence-electron chi connectivity index (χ3n) is 7.22. The van der Waals surface area contributed by atoms with Gasteiger partial charge in [-0.2, -0.15) is 5.26 Å². The van der Waals surface area contributed by atoms with Crippen LogP contribution in [0, 0.1) is 36.5 Å². The van der Waals surface area contributed by atoms with E-state index in [1.807, 2.05) is 62.1 Å². The number of hydrogen-bond acceptors (Lipinski definition) is 5. The van der Waals surface area contributed by atoms with Gasteiger partial charge in [0.1, 0.15) is 0 Å². The van der Waals surface area contributed by atoms with E-state index in [1.54, 1.807) is 0 Å². The number of hydrogen-bond donors (Lipinski definition) is 2. The number of ether oxygens (including phenoxy) is 1. The van der Waals surface area contributed by atoms with Crippen LogP contribution in [0.25, 0.3) is 0 Å². The van der Waals surface area contributed by atoms with Crippen LogP contribution in [0.3, 0.4) is 0 Å². The van der Waals surface area contributed by atoms with Crippen molar-refractivity contribution < 1.29 is 9.53 Å². The van der Waals surface area contributed by atoms with Gasteiger partial charge in [0.05, 0.1) is 17.3 Å². The molecule has 0 saturated carbocycles. The molecule has 0 aromatic heterocycles. The number of nitrogens with two attached hydrogens (primary N) is 1. The Balaban J connectivity index is 1.51. The van der Waals surface area contributed by atoms with Gasteiger partial charge in [0.15, 0.2) is 0 Å². The molecule has 1 amide bonds. The second-order valence-electron chi connectivity index (χ2n) is 9.46. The summed E-state index contributed by atoms with van der Waals surface area (Å²) in [4.78, 5) is 15.2. The van der Waals surface area contributed by atoms with Gasteiger partial charge in [0.25, 0.3) is 5.91 Å². The molecule has 2 aliphatic heterocycles. The van der Waals surface area contributed by atoms with Crippen LogP contribution in [0.1, 0.15) is 63.9 Å². The highest BCUT2D eigenvalue weighted by Gasteiger charge is 2.33. The number of benzene rings is 2. The zero-order chi connectivity index (χ0) is 24.4. The summed E-state index contributed by atoms with van der Waals surface area (Å²) in [5.74, 6) is 0.515. The van der Waals surface area contributed by atoms with Crippen molar-refractivity contribution in [2.24, 2.45) is 11.7 Å². The van der Waals surface area contributed by atoms with Gasteiger partial charge < -0.3 is 15.4 Å². The molecule has 0 radical (unpaired) electrons. The molecule has 0 unspecified atom stereocenters. The maximum absolute atomic E-state index is 13.3. The highest BCUT2D eigenvalue weighted by Crippen LogP contribution is 2.31. The van der Waals surface area contributed by atoms with Crippen molar-refractivity contribution in [1.82, 2.24) is 4.90 Å². The molecule has 2 aromatic carbocycles. The molecule has 6 heteroatoms. The summed E-state index contributed by atoms with van der Waals surface area (Å²) in [5, 5.41) is 17.8. The lowest BCUT2D eigenvalue weighted by atomic mass is 9.87. The maximum atomic E-state index is 13.3. The summed E-state index contributed by atoms with van der Waals surface area (Å²) in [7, 11) is 0. The van der Waals surface area contributed by atoms with Crippen LogP contribution in [0.4, 0.5) is 0 Å². The third-order valence-corrected chi connectivity index (χ3v) is 7.22. The average Bonchev–Trinajstić information content (AvgIpc) is 2.82. The molecule has 6 nitrogen and oxygen atoms in total. The van der Waals surface area contributed by atoms with E-state index in [1.165, 1.54) is 0 Å². The monoisotopic (exact) mass is 456 g/mol. The van der Waals surface area contributed by atoms with Gasteiger partial charge >= 0.3 is 0 Å². The highest BCUT2D eigenvalue weighted by atomic mass is 16.5. The molecule has 176 valence electrons. The van der Waals surface area contributed by atoms with Crippen LogP contribution in [-0.2, 0) is 4.74 Å². The van der Waals surface area contributed by atoms with E-state index >= 15 is 0 Å². The summed E-state index contributed by atoms with van der Waals surface area (Å²) in [5.41, 5.74) is 13.5. The number of allylic oxidation sites excluding steroid dienone is 2. The zero-order valence-corrected chi connectivity index (χ0v) is 20.1. The lowest BCUT2D eigenvalue weighted by Gasteiger charge is -2.40. The van der Waals surface area contributed by atoms with Crippen LogP contribution in [0.5, 0.6) is 0 Å². The molecule has 0 bridgehead atoms. The molecule has 2 heterocycles. The van der Waals surface area contributed by atoms with E-state index < -0.39 is 0 Å². The number of amides is 1. The first-order valence-corrected chi connectivity index (χ1v) is 11.8. The number of carbonyl (C=O) groups excluding carboxylic acids is 1. The average molecular weight is 457 g/mol. The normalized spacial score (nSPS) is 17.5. The summed E-state index contributed by atoms with van der Waals surface area (Å²) < 4.78 is 5.45. The Morgan fingerprint density at radius 1 is 1.09 bits per heavy atom. The van der Waals surface area contributed by atoms with Crippen LogP contribution >= 0.6 is 0 Å². The Hall–Kier alpha value is -3.43. The van der Waals surface area contributed by atoms with Crippen molar-refractivity contribution in [2.45, 2.75) is 39.5 Å². The van der Waals surface area contributed by atoms with Crippen molar-refractivity contribution in [2.75, 3.05) is 26.3 Å². The highest BCUT2D eigenvalue weighted by molar-refractivity contribution is 6.12. The van der Waals surface area contributed by atoms with Crippen LogP contribution in [0.2, 0.25) is 0 Å². The lowest BCUT2D eigenvalue weighted by Crippen LogP contribution is -2.48. The molecule has 2 aliphatic rings. The van der Waals surface area contributed by atoms with Crippen molar-refractivity contribution in [3.8, 4) is 6.07 Å². The quantitative estimate of drug-likeness (QED) is 0.649. The number of nitrogens with one attached hydrogen (secondary N) is 1. The second kappa shape index (κ2) is 9.82. The second-order valence-corrected chi connectivity index (χ2v) is 9.46. The smallest absolute Gasteiger partial charge is 0.254 e. The predicted octanol–water partition coefficient (Wildman–Crippen LogP) is 4.44. The minimum Gasteiger partial charge on any atom is -0.402 e. The van der Waals surface area contributed by atoms with Gasteiger partial charge in [0.2, 0.25) is 0 Å². The van der Waals surface area contributed by atoms with Crippen LogP contribution in [0.15, 0.2) is 47.7 Å². The Bertz CT molecular complexity index is 1180. The number of aryl methyl sites for hydroxylation is 2. The van der Waals surface area contributed by atoms with Crippen molar-refractivity contribution in [1.29, 1.82) is 10.7 Å². The van der Waals surface area contributed by atoms with Crippen LogP contribution in [-0.4, -0.2) is 42.8 Å². The molecular weight excluding hydrogens is 424 g/mol. The van der Waals surface area contributed by atoms with Gasteiger partial charge in [-0.15, -0.1) is 0 Å². The fourth-order valence-electron chi connectivity index (χ4n) is 4.87. The van der Waals surface area contributed by atoms with Gasteiger partial charge in [-0.25, -0.2) is 0 Å². The molecule has 0 aliphatic carbocycles. The fourth-order valence-corrected chi connectivity index (χ4v) is 4.87. The molecule has 3 N–H and O–H groups in total. The minimum absolute atomic E-state index is 0.00419. The lowest BCUT2D eigenvalue weighted by molar-refractivity contribution is 0.0601. The molecule has 2 aromatic rings. The van der Waals surface area contributed by atoms with Gasteiger partial charge in [-0.05, 0) is 74.1 Å². The Labute approximate surface area is 201 Å². The summed E-state index contributed by atoms with van der Waals surface area (Å²) in [6.45, 7) is 8.55. The molecule has 4 rings (SSSR count). The fraction of sp³-hybridized carbons (Fsp3) is 0.393. The third kappa shape index (κ3) is 4.62. The number of carbonyl (C=O) groups is 1. The van der Waals surface area contributed by atoms with E-state index in [-0.39, 0.29) is 17.7 Å². The van der Waals surface area contributed by atoms with Crippen molar-refractivity contribution in [3.05, 3.63) is 81.0 Å². The molecule has 34 heavy (non-hydrogen) atoms. The topological polar surface area (TPSA) is 103 Å². The van der Waals surface area contributed by atoms with E-state index in [0.717, 1.165) is 46.4 Å². The van der Waals surface area contributed by atoms with E-state index in [9.17, 15) is 4.79 Å². The SMILES string of the molecule is CC(C(=N)c1cc(C(=O)N2CC(c3ccc(C#N)cc3)C2)c(C)cc1C)=C(N)C1CCOCC1. The number of nitriles is 1. The van der Waals surface area contributed by atoms with Gasteiger partial charge in [-0.3, -0.25) is 10.2 Å². The number of likely N-dealkylation sites (tertiary alicyclic amines) is 1. The van der Waals surface area contributed by atoms with Gasteiger partial charge in [0, 0.05) is 55.0 Å². The Morgan fingerprint density at radius 3 is 2.32 bits per heavy atom. The van der Waals surface area contributed by atoms with E-state index in [2.05, 4.69) is 6.07 Å². The van der Waals surface area contributed by atoms with Crippen molar-refractivity contribution in [3.63, 3.8) is 0 Å². The molecule has 0 spiro atoms. The van der Waals surface area contributed by atoms with Crippen molar-refractivity contribution >= 4 is 11.6 Å². The standard InChI is InChI=1S/C28H32N4O2/c1-17-12-18(2)25(13-24(17)27(31)19(3)26(30)22-8-10-34-11-9-22)28(33)32-15-23(16-32)21-6-4-20(14-29)5-7-21/h4-7,12-13,22-23,31H,8-11,15-16,30H2,1-3H3. The summed E-state index contributed by atoms with van der Waals surface area (Å²) in [6.07, 6.45) is 1.75. The number of nitrogens with zero attached hydrogens (tertiary/aromatic N) is 2. The number of rotatable bonds is 5. The first kappa shape index (κ1) is 23.7. The maximum Gasteiger partial charge on any atom is 0.254 e. The molecule has 2 saturated heterocycles. The summed E-state index contributed by atoms with van der Waals surface area (Å²) >= 11 is 0. The van der Waals surface area contributed by atoms with Gasteiger partial charge in [-0.1, -0.05) is 18.2 Å². The molecule has 0 atom stereocenters. The Morgan fingerprint density at radius 2 is 1.71 bits per heavy atom. The first-order valence-electron chi connectivity index (χ1n) is 11.8. The van der Waals surface area contributed by atoms with Crippen LogP contribution < -0.4 is 5.73 Å². The molecular formula is C28H32N4O2. The Kier molecular flexibility index (Phi) is 6.85. The summed E-state index contributed by atoms with van der Waals surface area (Å²) in [6, 6.07) is 13.6. The predicted molar refractivity (Wildman–Crippen MR) is 133 cm³/mol.